The number of rotatable bonds is 2. The van der Waals surface area contributed by atoms with E-state index in [4.69, 9.17) is 5.11 Å². The fourth-order valence-electron chi connectivity index (χ4n) is 1.51. The molecule has 14 heavy (non-hydrogen) atoms. The minimum absolute atomic E-state index is 0.201. The van der Waals surface area contributed by atoms with Gasteiger partial charge in [-0.05, 0) is 18.8 Å². The van der Waals surface area contributed by atoms with Crippen LogP contribution in [0.4, 0.5) is 0 Å². The van der Waals surface area contributed by atoms with E-state index in [0.29, 0.717) is 12.5 Å². The molecule has 2 aliphatic rings. The van der Waals surface area contributed by atoms with Crippen molar-refractivity contribution in [1.29, 1.82) is 0 Å². The molecule has 1 aliphatic heterocycles. The normalized spacial score (nSPS) is 30.8. The number of carbonyl (C=O) groups is 2. The molecule has 0 bridgehead atoms. The van der Waals surface area contributed by atoms with Crippen LogP contribution < -0.4 is 10.6 Å². The molecule has 0 radical (unpaired) electrons. The van der Waals surface area contributed by atoms with E-state index in [0.717, 1.165) is 12.8 Å². The molecular formula is C8H11N3O3. The van der Waals surface area contributed by atoms with Gasteiger partial charge in [-0.1, -0.05) is 0 Å². The molecule has 1 saturated carbocycles. The maximum Gasteiger partial charge on any atom is 0.316 e. The molecule has 1 saturated heterocycles. The number of hydrogen-bond acceptors (Lipinski definition) is 4. The SMILES string of the molecule is O=C1NC(=NCC2CC(O)C2)NC1=O. The van der Waals surface area contributed by atoms with Crippen molar-refractivity contribution in [2.24, 2.45) is 10.9 Å². The van der Waals surface area contributed by atoms with Crippen LogP contribution in [0.5, 0.6) is 0 Å². The molecule has 0 aromatic rings. The van der Waals surface area contributed by atoms with E-state index in [2.05, 4.69) is 15.6 Å². The van der Waals surface area contributed by atoms with Gasteiger partial charge in [0.15, 0.2) is 0 Å². The highest BCUT2D eigenvalue weighted by atomic mass is 16.3. The lowest BCUT2D eigenvalue weighted by Crippen LogP contribution is -2.32. The lowest BCUT2D eigenvalue weighted by Gasteiger charge is -2.29. The van der Waals surface area contributed by atoms with Crippen LogP contribution >= 0.6 is 0 Å². The highest BCUT2D eigenvalue weighted by Gasteiger charge is 2.28. The highest BCUT2D eigenvalue weighted by Crippen LogP contribution is 2.26. The van der Waals surface area contributed by atoms with E-state index >= 15 is 0 Å². The molecule has 0 unspecified atom stereocenters. The van der Waals surface area contributed by atoms with E-state index < -0.39 is 11.8 Å². The Morgan fingerprint density at radius 1 is 1.29 bits per heavy atom. The monoisotopic (exact) mass is 197 g/mol. The molecule has 0 aromatic heterocycles. The second-order valence-corrected chi connectivity index (χ2v) is 3.59. The molecule has 0 aromatic carbocycles. The summed E-state index contributed by atoms with van der Waals surface area (Å²) in [5, 5.41) is 13.6. The second kappa shape index (κ2) is 3.38. The van der Waals surface area contributed by atoms with E-state index in [1.807, 2.05) is 0 Å². The Morgan fingerprint density at radius 3 is 2.36 bits per heavy atom. The average Bonchev–Trinajstić information content (AvgIpc) is 2.39. The molecular weight excluding hydrogens is 186 g/mol. The smallest absolute Gasteiger partial charge is 0.316 e. The first-order chi connectivity index (χ1) is 6.65. The lowest BCUT2D eigenvalue weighted by molar-refractivity contribution is -0.135. The number of aliphatic hydroxyl groups excluding tert-OH is 1. The van der Waals surface area contributed by atoms with Gasteiger partial charge in [-0.15, -0.1) is 0 Å². The summed E-state index contributed by atoms with van der Waals surface area (Å²) in [5.74, 6) is -0.747. The van der Waals surface area contributed by atoms with Crippen LogP contribution in [-0.4, -0.2) is 35.5 Å². The molecule has 1 aliphatic carbocycles. The van der Waals surface area contributed by atoms with Gasteiger partial charge in [0, 0.05) is 6.54 Å². The van der Waals surface area contributed by atoms with E-state index in [9.17, 15) is 9.59 Å². The van der Waals surface area contributed by atoms with Gasteiger partial charge in [-0.2, -0.15) is 0 Å². The van der Waals surface area contributed by atoms with Crippen LogP contribution in [-0.2, 0) is 9.59 Å². The largest absolute Gasteiger partial charge is 0.393 e. The summed E-state index contributed by atoms with van der Waals surface area (Å²) in [6, 6.07) is 0. The minimum atomic E-state index is -0.669. The zero-order chi connectivity index (χ0) is 10.1. The summed E-state index contributed by atoms with van der Waals surface area (Å²) >= 11 is 0. The standard InChI is InChI=1S/C8H11N3O3/c12-5-1-4(2-5)3-9-8-10-6(13)7(14)11-8/h4-5,12H,1-3H2,(H2,9,10,11,13,14). The maximum absolute atomic E-state index is 10.7. The Labute approximate surface area is 80.4 Å². The maximum atomic E-state index is 10.7. The molecule has 2 rings (SSSR count). The van der Waals surface area contributed by atoms with Gasteiger partial charge in [-0.25, -0.2) is 0 Å². The fraction of sp³-hybridized carbons (Fsp3) is 0.625. The van der Waals surface area contributed by atoms with Crippen LogP contribution in [0.25, 0.3) is 0 Å². The van der Waals surface area contributed by atoms with Crippen molar-refractivity contribution in [1.82, 2.24) is 10.6 Å². The zero-order valence-electron chi connectivity index (χ0n) is 7.49. The molecule has 1 heterocycles. The molecule has 6 nitrogen and oxygen atoms in total. The Morgan fingerprint density at radius 2 is 1.86 bits per heavy atom. The van der Waals surface area contributed by atoms with Crippen LogP contribution in [0.15, 0.2) is 4.99 Å². The van der Waals surface area contributed by atoms with Gasteiger partial charge in [0.2, 0.25) is 5.96 Å². The van der Waals surface area contributed by atoms with Gasteiger partial charge in [0.1, 0.15) is 0 Å². The molecule has 0 atom stereocenters. The first kappa shape index (κ1) is 9.14. The molecule has 0 spiro atoms. The fourth-order valence-corrected chi connectivity index (χ4v) is 1.51. The number of nitrogens with one attached hydrogen (secondary N) is 2. The number of aliphatic hydroxyl groups is 1. The summed E-state index contributed by atoms with van der Waals surface area (Å²) in [5.41, 5.74) is 0. The Bertz CT molecular complexity index is 289. The Hall–Kier alpha value is -1.43. The third kappa shape index (κ3) is 1.74. The van der Waals surface area contributed by atoms with Crippen molar-refractivity contribution in [3.8, 4) is 0 Å². The topological polar surface area (TPSA) is 90.8 Å². The van der Waals surface area contributed by atoms with Crippen molar-refractivity contribution >= 4 is 17.8 Å². The highest BCUT2D eigenvalue weighted by molar-refractivity contribution is 6.45. The molecule has 6 heteroatoms. The lowest BCUT2D eigenvalue weighted by atomic mass is 9.83. The third-order valence-electron chi connectivity index (χ3n) is 2.39. The Balaban J connectivity index is 1.82. The number of carbonyl (C=O) groups excluding carboxylic acids is 2. The first-order valence-electron chi connectivity index (χ1n) is 4.50. The van der Waals surface area contributed by atoms with Crippen LogP contribution in [0.2, 0.25) is 0 Å². The second-order valence-electron chi connectivity index (χ2n) is 3.59. The van der Waals surface area contributed by atoms with Crippen molar-refractivity contribution < 1.29 is 14.7 Å². The first-order valence-corrected chi connectivity index (χ1v) is 4.50. The predicted molar refractivity (Wildman–Crippen MR) is 47.3 cm³/mol. The quantitative estimate of drug-likeness (QED) is 0.464. The number of hydrogen-bond donors (Lipinski definition) is 3. The number of amides is 2. The summed E-state index contributed by atoms with van der Waals surface area (Å²) in [4.78, 5) is 25.5. The Kier molecular flexibility index (Phi) is 2.20. The minimum Gasteiger partial charge on any atom is -0.393 e. The van der Waals surface area contributed by atoms with E-state index in [1.54, 1.807) is 0 Å². The number of nitrogens with zero attached hydrogens (tertiary/aromatic N) is 1. The van der Waals surface area contributed by atoms with Gasteiger partial charge in [0.25, 0.3) is 0 Å². The van der Waals surface area contributed by atoms with Crippen molar-refractivity contribution in [2.75, 3.05) is 6.54 Å². The molecule has 76 valence electrons. The summed E-state index contributed by atoms with van der Waals surface area (Å²) in [6.45, 7) is 0.535. The van der Waals surface area contributed by atoms with Gasteiger partial charge in [0.05, 0.1) is 6.10 Å². The van der Waals surface area contributed by atoms with E-state index in [-0.39, 0.29) is 12.1 Å². The van der Waals surface area contributed by atoms with Crippen LogP contribution in [0.3, 0.4) is 0 Å². The zero-order valence-corrected chi connectivity index (χ0v) is 7.49. The van der Waals surface area contributed by atoms with Crippen molar-refractivity contribution in [2.45, 2.75) is 18.9 Å². The average molecular weight is 197 g/mol. The third-order valence-corrected chi connectivity index (χ3v) is 2.39. The molecule has 2 amide bonds. The van der Waals surface area contributed by atoms with Crippen molar-refractivity contribution in [3.63, 3.8) is 0 Å². The summed E-state index contributed by atoms with van der Waals surface area (Å²) in [6.07, 6.45) is 1.30. The molecule has 2 fully saturated rings. The van der Waals surface area contributed by atoms with Crippen molar-refractivity contribution in [3.05, 3.63) is 0 Å². The van der Waals surface area contributed by atoms with E-state index in [1.165, 1.54) is 0 Å². The van der Waals surface area contributed by atoms with Crippen LogP contribution in [0, 0.1) is 5.92 Å². The summed E-state index contributed by atoms with van der Waals surface area (Å²) < 4.78 is 0. The number of aliphatic imine (C=N–C) groups is 1. The van der Waals surface area contributed by atoms with Crippen LogP contribution in [0.1, 0.15) is 12.8 Å². The van der Waals surface area contributed by atoms with Gasteiger partial charge in [-0.3, -0.25) is 25.2 Å². The predicted octanol–water partition coefficient (Wildman–Crippen LogP) is -1.64. The van der Waals surface area contributed by atoms with Gasteiger partial charge >= 0.3 is 11.8 Å². The number of guanidine groups is 1. The summed E-state index contributed by atoms with van der Waals surface area (Å²) in [7, 11) is 0. The molecule has 3 N–H and O–H groups in total. The van der Waals surface area contributed by atoms with Gasteiger partial charge < -0.3 is 5.11 Å².